The lowest BCUT2D eigenvalue weighted by atomic mass is 10.2. The summed E-state index contributed by atoms with van der Waals surface area (Å²) in [6.07, 6.45) is 0. The molecule has 0 heterocycles. The van der Waals surface area contributed by atoms with Crippen LogP contribution in [-0.2, 0) is 9.53 Å². The molecule has 2 rings (SSSR count). The summed E-state index contributed by atoms with van der Waals surface area (Å²) in [6.45, 7) is -0.314. The number of rotatable bonds is 7. The summed E-state index contributed by atoms with van der Waals surface area (Å²) in [4.78, 5) is 23.7. The van der Waals surface area contributed by atoms with Gasteiger partial charge in [-0.05, 0) is 18.2 Å². The Labute approximate surface area is 166 Å². The number of methoxy groups -OCH3 is 3. The van der Waals surface area contributed by atoms with E-state index in [4.69, 9.17) is 37.4 Å². The predicted octanol–water partition coefficient (Wildman–Crippen LogP) is 3.81. The first-order valence-electron chi connectivity index (χ1n) is 7.61. The fourth-order valence-electron chi connectivity index (χ4n) is 2.15. The van der Waals surface area contributed by atoms with Crippen molar-refractivity contribution < 1.29 is 28.5 Å². The lowest BCUT2D eigenvalue weighted by Gasteiger charge is -2.14. The Kier molecular flexibility index (Phi) is 7.15. The standard InChI is InChI=1S/C18H17Cl2NO6/c1-24-15-8-13(16(25-2)7-12(15)20)21-17(22)9-27-14-5-4-10(6-11(14)19)18(23)26-3/h4-8H,9H2,1-3H3,(H,21,22). The van der Waals surface area contributed by atoms with Crippen molar-refractivity contribution in [3.8, 4) is 17.2 Å². The van der Waals surface area contributed by atoms with E-state index in [-0.39, 0.29) is 22.9 Å². The van der Waals surface area contributed by atoms with Crippen molar-refractivity contribution in [1.29, 1.82) is 0 Å². The molecular formula is C18H17Cl2NO6. The van der Waals surface area contributed by atoms with Crippen LogP contribution in [0.5, 0.6) is 17.2 Å². The molecular weight excluding hydrogens is 397 g/mol. The summed E-state index contributed by atoms with van der Waals surface area (Å²) in [7, 11) is 4.18. The molecule has 0 spiro atoms. The van der Waals surface area contributed by atoms with Crippen molar-refractivity contribution in [1.82, 2.24) is 0 Å². The number of hydrogen-bond donors (Lipinski definition) is 1. The Balaban J connectivity index is 2.06. The van der Waals surface area contributed by atoms with E-state index in [1.807, 2.05) is 0 Å². The Morgan fingerprint density at radius 3 is 2.19 bits per heavy atom. The first kappa shape index (κ1) is 20.7. The number of amides is 1. The number of benzene rings is 2. The SMILES string of the molecule is COC(=O)c1ccc(OCC(=O)Nc2cc(OC)c(Cl)cc2OC)c(Cl)c1. The molecule has 0 aliphatic carbocycles. The highest BCUT2D eigenvalue weighted by molar-refractivity contribution is 6.32. The molecule has 7 nitrogen and oxygen atoms in total. The molecule has 0 saturated carbocycles. The number of ether oxygens (including phenoxy) is 4. The first-order chi connectivity index (χ1) is 12.9. The van der Waals surface area contributed by atoms with Crippen molar-refractivity contribution in [3.63, 3.8) is 0 Å². The van der Waals surface area contributed by atoms with Crippen LogP contribution in [0, 0.1) is 0 Å². The minimum absolute atomic E-state index is 0.177. The second-order valence-electron chi connectivity index (χ2n) is 5.16. The Bertz CT molecular complexity index is 856. The summed E-state index contributed by atoms with van der Waals surface area (Å²) >= 11 is 12.1. The average Bonchev–Trinajstić information content (AvgIpc) is 2.67. The molecule has 0 aliphatic rings. The van der Waals surface area contributed by atoms with Crippen LogP contribution in [0.25, 0.3) is 0 Å². The molecule has 9 heteroatoms. The van der Waals surface area contributed by atoms with Gasteiger partial charge in [0, 0.05) is 12.1 Å². The maximum absolute atomic E-state index is 12.2. The molecule has 0 aromatic heterocycles. The summed E-state index contributed by atoms with van der Waals surface area (Å²) in [5.41, 5.74) is 0.650. The number of hydrogen-bond acceptors (Lipinski definition) is 6. The van der Waals surface area contributed by atoms with Crippen molar-refractivity contribution in [2.24, 2.45) is 0 Å². The second-order valence-corrected chi connectivity index (χ2v) is 5.98. The van der Waals surface area contributed by atoms with E-state index in [1.165, 1.54) is 51.7 Å². The molecule has 0 unspecified atom stereocenters. The molecule has 0 bridgehead atoms. The Morgan fingerprint density at radius 2 is 1.59 bits per heavy atom. The number of anilines is 1. The third-order valence-electron chi connectivity index (χ3n) is 3.46. The van der Waals surface area contributed by atoms with E-state index >= 15 is 0 Å². The normalized spacial score (nSPS) is 10.1. The number of carbonyl (C=O) groups excluding carboxylic acids is 2. The third kappa shape index (κ3) is 5.18. The van der Waals surface area contributed by atoms with Crippen LogP contribution < -0.4 is 19.5 Å². The number of nitrogens with one attached hydrogen (secondary N) is 1. The van der Waals surface area contributed by atoms with Crippen LogP contribution in [-0.4, -0.2) is 39.8 Å². The monoisotopic (exact) mass is 413 g/mol. The van der Waals surface area contributed by atoms with Gasteiger partial charge in [-0.25, -0.2) is 4.79 Å². The molecule has 0 radical (unpaired) electrons. The first-order valence-corrected chi connectivity index (χ1v) is 8.37. The minimum Gasteiger partial charge on any atom is -0.495 e. The van der Waals surface area contributed by atoms with Crippen molar-refractivity contribution in [2.75, 3.05) is 33.3 Å². The van der Waals surface area contributed by atoms with Crippen LogP contribution in [0.3, 0.4) is 0 Å². The van der Waals surface area contributed by atoms with Gasteiger partial charge in [0.1, 0.15) is 17.2 Å². The van der Waals surface area contributed by atoms with Gasteiger partial charge < -0.3 is 24.3 Å². The quantitative estimate of drug-likeness (QED) is 0.694. The maximum atomic E-state index is 12.2. The van der Waals surface area contributed by atoms with Gasteiger partial charge in [-0.15, -0.1) is 0 Å². The molecule has 0 fully saturated rings. The third-order valence-corrected chi connectivity index (χ3v) is 4.05. The average molecular weight is 414 g/mol. The Morgan fingerprint density at radius 1 is 0.926 bits per heavy atom. The van der Waals surface area contributed by atoms with Crippen LogP contribution in [0.4, 0.5) is 5.69 Å². The molecule has 27 heavy (non-hydrogen) atoms. The largest absolute Gasteiger partial charge is 0.495 e. The van der Waals surface area contributed by atoms with E-state index in [2.05, 4.69) is 10.1 Å². The number of esters is 1. The maximum Gasteiger partial charge on any atom is 0.337 e. The van der Waals surface area contributed by atoms with Crippen molar-refractivity contribution in [3.05, 3.63) is 45.9 Å². The summed E-state index contributed by atoms with van der Waals surface area (Å²) in [5, 5.41) is 3.17. The topological polar surface area (TPSA) is 83.1 Å². The molecule has 1 N–H and O–H groups in total. The van der Waals surface area contributed by atoms with Gasteiger partial charge in [0.25, 0.3) is 5.91 Å². The highest BCUT2D eigenvalue weighted by Gasteiger charge is 2.14. The van der Waals surface area contributed by atoms with E-state index in [9.17, 15) is 9.59 Å². The summed E-state index contributed by atoms with van der Waals surface area (Å²) in [6, 6.07) is 7.43. The lowest BCUT2D eigenvalue weighted by Crippen LogP contribution is -2.20. The van der Waals surface area contributed by atoms with Crippen molar-refractivity contribution >= 4 is 40.8 Å². The zero-order chi connectivity index (χ0) is 20.0. The molecule has 2 aromatic rings. The van der Waals surface area contributed by atoms with Gasteiger partial charge in [-0.2, -0.15) is 0 Å². The van der Waals surface area contributed by atoms with E-state index in [1.54, 1.807) is 0 Å². The fraction of sp³-hybridized carbons (Fsp3) is 0.222. The summed E-state index contributed by atoms with van der Waals surface area (Å²) in [5.74, 6) is 0.0284. The van der Waals surface area contributed by atoms with Gasteiger partial charge in [-0.3, -0.25) is 4.79 Å². The van der Waals surface area contributed by atoms with Gasteiger partial charge in [0.2, 0.25) is 0 Å². The molecule has 1 amide bonds. The van der Waals surface area contributed by atoms with Gasteiger partial charge >= 0.3 is 5.97 Å². The van der Waals surface area contributed by atoms with Gasteiger partial charge in [-0.1, -0.05) is 23.2 Å². The molecule has 0 atom stereocenters. The fourth-order valence-corrected chi connectivity index (χ4v) is 2.62. The van der Waals surface area contributed by atoms with Crippen LogP contribution >= 0.6 is 23.2 Å². The van der Waals surface area contributed by atoms with Crippen LogP contribution in [0.1, 0.15) is 10.4 Å². The zero-order valence-corrected chi connectivity index (χ0v) is 16.3. The van der Waals surface area contributed by atoms with Crippen LogP contribution in [0.2, 0.25) is 10.0 Å². The smallest absolute Gasteiger partial charge is 0.337 e. The minimum atomic E-state index is -0.523. The second kappa shape index (κ2) is 9.34. The van der Waals surface area contributed by atoms with E-state index in [0.29, 0.717) is 22.2 Å². The van der Waals surface area contributed by atoms with Crippen molar-refractivity contribution in [2.45, 2.75) is 0 Å². The number of carbonyl (C=O) groups is 2. The predicted molar refractivity (Wildman–Crippen MR) is 101 cm³/mol. The molecule has 0 aliphatic heterocycles. The lowest BCUT2D eigenvalue weighted by molar-refractivity contribution is -0.118. The zero-order valence-electron chi connectivity index (χ0n) is 14.8. The highest BCUT2D eigenvalue weighted by atomic mass is 35.5. The molecule has 0 saturated heterocycles. The highest BCUT2D eigenvalue weighted by Crippen LogP contribution is 2.35. The van der Waals surface area contributed by atoms with E-state index in [0.717, 1.165) is 0 Å². The van der Waals surface area contributed by atoms with Crippen LogP contribution in [0.15, 0.2) is 30.3 Å². The van der Waals surface area contributed by atoms with Gasteiger partial charge in [0.05, 0.1) is 42.6 Å². The van der Waals surface area contributed by atoms with Gasteiger partial charge in [0.15, 0.2) is 6.61 Å². The van der Waals surface area contributed by atoms with E-state index < -0.39 is 11.9 Å². The molecule has 144 valence electrons. The molecule has 2 aromatic carbocycles. The Hall–Kier alpha value is -2.64. The summed E-state index contributed by atoms with van der Waals surface area (Å²) < 4.78 is 20.3. The number of halogens is 2.